The smallest absolute Gasteiger partial charge is 0.0826 e. The summed E-state index contributed by atoms with van der Waals surface area (Å²) in [4.78, 5) is 8.39. The third-order valence-electron chi connectivity index (χ3n) is 5.09. The van der Waals surface area contributed by atoms with E-state index in [0.717, 1.165) is 33.9 Å². The molecule has 0 amide bonds. The van der Waals surface area contributed by atoms with E-state index in [1.165, 1.54) is 15.7 Å². The second-order valence-corrected chi connectivity index (χ2v) is 8.10. The van der Waals surface area contributed by atoms with Gasteiger partial charge in [-0.05, 0) is 34.9 Å². The summed E-state index contributed by atoms with van der Waals surface area (Å²) in [6, 6.07) is 13.5. The number of hydrogen-bond donors (Lipinski definition) is 0. The molecule has 0 unspecified atom stereocenters. The third-order valence-corrected chi connectivity index (χ3v) is 6.31. The predicted octanol–water partition coefficient (Wildman–Crippen LogP) is 5.51. The maximum absolute atomic E-state index is 8.15. The zero-order valence-electron chi connectivity index (χ0n) is 21.1. The van der Waals surface area contributed by atoms with Crippen LogP contribution in [0.4, 0.5) is 0 Å². The molecule has 0 saturated carbocycles. The first-order chi connectivity index (χ1) is 17.0. The van der Waals surface area contributed by atoms with E-state index in [4.69, 9.17) is 5.48 Å². The largest absolute Gasteiger partial charge is 0.321 e. The molecule has 4 heteroatoms. The Morgan fingerprint density at radius 1 is 0.938 bits per heavy atom. The molecule has 2 nitrogen and oxygen atoms in total. The fourth-order valence-corrected chi connectivity index (χ4v) is 4.90. The van der Waals surface area contributed by atoms with Gasteiger partial charge in [0.1, 0.15) is 0 Å². The van der Waals surface area contributed by atoms with Crippen molar-refractivity contribution in [3.8, 4) is 0 Å². The molecule has 1 radical (unpaired) electrons. The minimum atomic E-state index is -0.293. The molecule has 1 aromatic carbocycles. The van der Waals surface area contributed by atoms with Crippen LogP contribution in [0.3, 0.4) is 0 Å². The standard InChI is InChI=1S/C17H12NS.C11H10N.Ir/c1-2-10-16-12(6-1)13-7-5-8-14(17(13)19-16)15-9-3-4-11-18-15;1-2-6-10(7-3-1)11-8-4-5-9-12-11;/h1-4,6-11H,5H2;1-2,4-9H,3H2;/q2*-1;/i3D,4D,9D,11D;;. The van der Waals surface area contributed by atoms with Gasteiger partial charge in [0.2, 0.25) is 0 Å². The molecule has 0 N–H and O–H groups in total. The van der Waals surface area contributed by atoms with Crippen molar-refractivity contribution in [3.05, 3.63) is 125 Å². The molecule has 0 spiro atoms. The number of fused-ring (bicyclic) bond motifs is 3. The number of aromatic nitrogens is 2. The van der Waals surface area contributed by atoms with Gasteiger partial charge >= 0.3 is 0 Å². The van der Waals surface area contributed by atoms with Gasteiger partial charge in [-0.1, -0.05) is 71.1 Å². The molecule has 161 valence electrons. The van der Waals surface area contributed by atoms with Gasteiger partial charge in [0.15, 0.2) is 0 Å². The topological polar surface area (TPSA) is 25.8 Å². The quantitative estimate of drug-likeness (QED) is 0.279. The van der Waals surface area contributed by atoms with Gasteiger partial charge in [-0.15, -0.1) is 17.7 Å². The van der Waals surface area contributed by atoms with Gasteiger partial charge in [0.25, 0.3) is 0 Å². The molecule has 3 heterocycles. The van der Waals surface area contributed by atoms with Crippen molar-refractivity contribution in [3.63, 3.8) is 0 Å². The van der Waals surface area contributed by atoms with Crippen molar-refractivity contribution in [1.82, 2.24) is 9.97 Å². The summed E-state index contributed by atoms with van der Waals surface area (Å²) in [5.74, 6) is 0. The van der Waals surface area contributed by atoms with E-state index in [1.54, 1.807) is 11.3 Å². The Labute approximate surface area is 211 Å². The molecule has 4 aromatic rings. The monoisotopic (exact) mass is 615 g/mol. The number of allylic oxidation sites excluding steroid dienone is 4. The predicted molar refractivity (Wildman–Crippen MR) is 131 cm³/mol. The summed E-state index contributed by atoms with van der Waals surface area (Å²) in [5.41, 5.74) is 3.41. The molecule has 0 saturated heterocycles. The van der Waals surface area contributed by atoms with Crippen LogP contribution in [0.5, 0.6) is 0 Å². The zero-order chi connectivity index (χ0) is 24.4. The van der Waals surface area contributed by atoms with Crippen LogP contribution in [0.2, 0.25) is 0 Å². The van der Waals surface area contributed by atoms with E-state index in [-0.39, 0.29) is 44.4 Å². The molecule has 0 aliphatic heterocycles. The second-order valence-electron chi connectivity index (χ2n) is 7.05. The molecule has 2 aliphatic carbocycles. The maximum Gasteiger partial charge on any atom is 0.0826 e. The molecule has 0 fully saturated rings. The van der Waals surface area contributed by atoms with Crippen LogP contribution < -0.4 is 9.75 Å². The summed E-state index contributed by atoms with van der Waals surface area (Å²) in [5, 5.41) is 2.32. The first-order valence-corrected chi connectivity index (χ1v) is 11.0. The Balaban J connectivity index is 0.000000198. The SMILES string of the molecule is C1=CC[CH-]C(c2ccccn2)=C1.[2H]c1nc(C2=c3sc4ccccc4c3=CC[CH-]2)c([2H])c([2H])c1[2H].[Ir]. The van der Waals surface area contributed by atoms with E-state index >= 15 is 0 Å². The molecular formula is C28H22IrN2S-2. The number of hydrogen-bond acceptors (Lipinski definition) is 3. The third kappa shape index (κ3) is 4.78. The minimum Gasteiger partial charge on any atom is -0.321 e. The molecule has 0 atom stereocenters. The van der Waals surface area contributed by atoms with E-state index in [2.05, 4.69) is 52.8 Å². The molecule has 3 aromatic heterocycles. The van der Waals surface area contributed by atoms with Crippen molar-refractivity contribution < 1.29 is 25.6 Å². The van der Waals surface area contributed by atoms with Gasteiger partial charge < -0.3 is 9.97 Å². The first kappa shape index (κ1) is 17.6. The van der Waals surface area contributed by atoms with Crippen molar-refractivity contribution in [2.75, 3.05) is 0 Å². The van der Waals surface area contributed by atoms with Crippen LogP contribution in [0.15, 0.2) is 91.2 Å². The Hall–Kier alpha value is -2.91. The van der Waals surface area contributed by atoms with Gasteiger partial charge in [-0.2, -0.15) is 24.5 Å². The van der Waals surface area contributed by atoms with Gasteiger partial charge in [-0.25, -0.2) is 11.3 Å². The zero-order valence-corrected chi connectivity index (χ0v) is 20.3. The molecule has 0 bridgehead atoms. The first-order valence-electron chi connectivity index (χ1n) is 12.2. The van der Waals surface area contributed by atoms with E-state index < -0.39 is 0 Å². The number of nitrogens with zero attached hydrogens (tertiary/aromatic N) is 2. The molecule has 6 rings (SSSR count). The normalized spacial score (nSPS) is 15.6. The summed E-state index contributed by atoms with van der Waals surface area (Å²) in [6.07, 6.45) is 15.9. The minimum absolute atomic E-state index is 0. The van der Waals surface area contributed by atoms with Gasteiger partial charge in [0, 0.05) is 37.2 Å². The number of thiophene rings is 1. The van der Waals surface area contributed by atoms with E-state index in [0.29, 0.717) is 5.69 Å². The van der Waals surface area contributed by atoms with Crippen LogP contribution in [0, 0.1) is 12.8 Å². The fourth-order valence-electron chi connectivity index (χ4n) is 3.65. The Morgan fingerprint density at radius 2 is 1.84 bits per heavy atom. The summed E-state index contributed by atoms with van der Waals surface area (Å²) in [6.45, 7) is 0. The molecule has 32 heavy (non-hydrogen) atoms. The Bertz CT molecular complexity index is 1590. The molecule has 2 aliphatic rings. The summed E-state index contributed by atoms with van der Waals surface area (Å²) < 4.78 is 33.6. The second kappa shape index (κ2) is 10.6. The van der Waals surface area contributed by atoms with Crippen LogP contribution in [0.25, 0.3) is 27.3 Å². The van der Waals surface area contributed by atoms with Crippen molar-refractivity contribution in [2.45, 2.75) is 12.8 Å². The van der Waals surface area contributed by atoms with Crippen LogP contribution in [0.1, 0.15) is 29.7 Å². The van der Waals surface area contributed by atoms with Crippen molar-refractivity contribution in [1.29, 1.82) is 0 Å². The fraction of sp³-hybridized carbons (Fsp3) is 0.0714. The number of pyridine rings is 2. The number of benzene rings is 1. The van der Waals surface area contributed by atoms with Crippen LogP contribution in [-0.4, -0.2) is 9.97 Å². The van der Waals surface area contributed by atoms with Gasteiger partial charge in [-0.3, -0.25) is 0 Å². The van der Waals surface area contributed by atoms with Crippen molar-refractivity contribution in [2.24, 2.45) is 0 Å². The van der Waals surface area contributed by atoms with Crippen LogP contribution in [-0.2, 0) is 20.1 Å². The summed E-state index contributed by atoms with van der Waals surface area (Å²) >= 11 is 1.64. The van der Waals surface area contributed by atoms with Crippen molar-refractivity contribution >= 4 is 38.6 Å². The maximum atomic E-state index is 8.15. The number of rotatable bonds is 2. The van der Waals surface area contributed by atoms with E-state index in [1.807, 2.05) is 42.9 Å². The average molecular weight is 615 g/mol. The van der Waals surface area contributed by atoms with Gasteiger partial charge in [0.05, 0.1) is 5.48 Å². The average Bonchev–Trinajstić information content (AvgIpc) is 3.30. The Morgan fingerprint density at radius 3 is 2.69 bits per heavy atom. The molecular weight excluding hydrogens is 589 g/mol. The Kier molecular flexibility index (Phi) is 5.84. The summed E-state index contributed by atoms with van der Waals surface area (Å²) in [7, 11) is 0. The van der Waals surface area contributed by atoms with Crippen LogP contribution >= 0.6 is 11.3 Å². The van der Waals surface area contributed by atoms with E-state index in [9.17, 15) is 0 Å².